The predicted octanol–water partition coefficient (Wildman–Crippen LogP) is 5.30. The zero-order valence-electron chi connectivity index (χ0n) is 15.8. The Labute approximate surface area is 173 Å². The van der Waals surface area contributed by atoms with Crippen molar-refractivity contribution in [2.45, 2.75) is 0 Å². The highest BCUT2D eigenvalue weighted by atomic mass is 16.4. The Hall–Kier alpha value is -4.36. The fourth-order valence-electron chi connectivity index (χ4n) is 3.32. The van der Waals surface area contributed by atoms with E-state index in [0.29, 0.717) is 16.7 Å². The summed E-state index contributed by atoms with van der Waals surface area (Å²) in [5.41, 5.74) is 2.40. The first kappa shape index (κ1) is 19.0. The van der Waals surface area contributed by atoms with Gasteiger partial charge in [-0.05, 0) is 58.3 Å². The molecular formula is C26H16O4. The van der Waals surface area contributed by atoms with Crippen molar-refractivity contribution in [1.82, 2.24) is 0 Å². The van der Waals surface area contributed by atoms with E-state index in [1.165, 1.54) is 18.2 Å². The number of carboxylic acids is 2. The van der Waals surface area contributed by atoms with E-state index in [-0.39, 0.29) is 11.1 Å². The molecule has 0 unspecified atom stereocenters. The highest BCUT2D eigenvalue weighted by Gasteiger charge is 2.16. The lowest BCUT2D eigenvalue weighted by Gasteiger charge is -2.10. The fraction of sp³-hybridized carbons (Fsp3) is 0. The maximum absolute atomic E-state index is 11.7. The molecule has 4 rings (SSSR count). The monoisotopic (exact) mass is 392 g/mol. The molecule has 4 aromatic rings. The summed E-state index contributed by atoms with van der Waals surface area (Å²) in [6.07, 6.45) is 0. The topological polar surface area (TPSA) is 74.6 Å². The van der Waals surface area contributed by atoms with Gasteiger partial charge < -0.3 is 10.2 Å². The molecule has 4 heteroatoms. The third-order valence-electron chi connectivity index (χ3n) is 4.81. The molecule has 0 atom stereocenters. The largest absolute Gasteiger partial charge is 0.478 e. The first-order valence-corrected chi connectivity index (χ1v) is 9.24. The Morgan fingerprint density at radius 2 is 1.37 bits per heavy atom. The van der Waals surface area contributed by atoms with Crippen molar-refractivity contribution in [2.24, 2.45) is 0 Å². The summed E-state index contributed by atoms with van der Waals surface area (Å²) in [4.78, 5) is 23.1. The zero-order valence-corrected chi connectivity index (χ0v) is 15.8. The number of benzene rings is 4. The molecule has 144 valence electrons. The van der Waals surface area contributed by atoms with Gasteiger partial charge in [-0.2, -0.15) is 0 Å². The van der Waals surface area contributed by atoms with Gasteiger partial charge in [0.25, 0.3) is 0 Å². The van der Waals surface area contributed by atoms with Crippen molar-refractivity contribution in [3.63, 3.8) is 0 Å². The minimum absolute atomic E-state index is 0.0206. The third-order valence-corrected chi connectivity index (χ3v) is 4.81. The van der Waals surface area contributed by atoms with Gasteiger partial charge in [0.15, 0.2) is 0 Å². The summed E-state index contributed by atoms with van der Waals surface area (Å²) >= 11 is 0. The van der Waals surface area contributed by atoms with E-state index in [0.717, 1.165) is 16.3 Å². The van der Waals surface area contributed by atoms with Crippen molar-refractivity contribution in [3.8, 4) is 23.0 Å². The van der Waals surface area contributed by atoms with Crippen molar-refractivity contribution >= 4 is 22.7 Å². The van der Waals surface area contributed by atoms with Gasteiger partial charge in [0, 0.05) is 11.1 Å². The summed E-state index contributed by atoms with van der Waals surface area (Å²) in [7, 11) is 0. The summed E-state index contributed by atoms with van der Waals surface area (Å²) in [6.45, 7) is 0. The van der Waals surface area contributed by atoms with Gasteiger partial charge >= 0.3 is 11.9 Å². The molecule has 0 aromatic heterocycles. The standard InChI is InChI=1S/C26H16O4/c27-25(28)21-13-14-23(26(29)30)24(16-21)22-8-4-3-6-19(22)12-10-17-9-11-18-5-1-2-7-20(18)15-17/h1-9,11,13-16H,(H,27,28)(H,29,30). The molecule has 0 aliphatic carbocycles. The minimum atomic E-state index is -1.13. The molecule has 0 spiro atoms. The maximum atomic E-state index is 11.7. The second-order valence-corrected chi connectivity index (χ2v) is 6.73. The molecule has 0 saturated heterocycles. The van der Waals surface area contributed by atoms with Crippen LogP contribution < -0.4 is 0 Å². The van der Waals surface area contributed by atoms with Gasteiger partial charge in [-0.25, -0.2) is 9.59 Å². The normalized spacial score (nSPS) is 10.3. The zero-order chi connectivity index (χ0) is 21.1. The molecule has 4 aromatic carbocycles. The Kier molecular flexibility index (Phi) is 5.02. The SMILES string of the molecule is O=C(O)c1ccc(C(=O)O)c(-c2ccccc2C#Cc2ccc3ccccc3c2)c1. The molecule has 0 bridgehead atoms. The lowest BCUT2D eigenvalue weighted by Crippen LogP contribution is -2.04. The molecule has 0 radical (unpaired) electrons. The first-order valence-electron chi connectivity index (χ1n) is 9.24. The second-order valence-electron chi connectivity index (χ2n) is 6.73. The number of fused-ring (bicyclic) bond motifs is 1. The summed E-state index contributed by atoms with van der Waals surface area (Å²) < 4.78 is 0. The van der Waals surface area contributed by atoms with Crippen LogP contribution in [0.15, 0.2) is 84.9 Å². The minimum Gasteiger partial charge on any atom is -0.478 e. The molecule has 0 fully saturated rings. The quantitative estimate of drug-likeness (QED) is 0.464. The highest BCUT2D eigenvalue weighted by molar-refractivity contribution is 6.00. The van der Waals surface area contributed by atoms with E-state index in [4.69, 9.17) is 0 Å². The van der Waals surface area contributed by atoms with E-state index in [1.807, 2.05) is 48.5 Å². The molecule has 0 heterocycles. The number of carbonyl (C=O) groups is 2. The van der Waals surface area contributed by atoms with Gasteiger partial charge in [0.1, 0.15) is 0 Å². The summed E-state index contributed by atoms with van der Waals surface area (Å²) in [5, 5.41) is 21.1. The number of hydrogen-bond acceptors (Lipinski definition) is 2. The van der Waals surface area contributed by atoms with Gasteiger partial charge in [-0.3, -0.25) is 0 Å². The first-order chi connectivity index (χ1) is 14.5. The van der Waals surface area contributed by atoms with Crippen LogP contribution in [0.5, 0.6) is 0 Å². The maximum Gasteiger partial charge on any atom is 0.336 e. The smallest absolute Gasteiger partial charge is 0.336 e. The second kappa shape index (κ2) is 7.94. The van der Waals surface area contributed by atoms with Crippen molar-refractivity contribution in [2.75, 3.05) is 0 Å². The van der Waals surface area contributed by atoms with E-state index < -0.39 is 11.9 Å². The van der Waals surface area contributed by atoms with Gasteiger partial charge in [-0.1, -0.05) is 60.4 Å². The van der Waals surface area contributed by atoms with E-state index >= 15 is 0 Å². The van der Waals surface area contributed by atoms with E-state index in [2.05, 4.69) is 11.8 Å². The van der Waals surface area contributed by atoms with Gasteiger partial charge in [0.2, 0.25) is 0 Å². The average molecular weight is 392 g/mol. The molecule has 0 saturated carbocycles. The van der Waals surface area contributed by atoms with E-state index in [1.54, 1.807) is 18.2 Å². The Bertz CT molecular complexity index is 1360. The molecule has 2 N–H and O–H groups in total. The molecule has 0 amide bonds. The molecule has 4 nitrogen and oxygen atoms in total. The number of rotatable bonds is 3. The van der Waals surface area contributed by atoms with Crippen LogP contribution in [0.3, 0.4) is 0 Å². The van der Waals surface area contributed by atoms with Crippen LogP contribution in [0.25, 0.3) is 21.9 Å². The fourth-order valence-corrected chi connectivity index (χ4v) is 3.32. The Balaban J connectivity index is 1.83. The highest BCUT2D eigenvalue weighted by Crippen LogP contribution is 2.28. The van der Waals surface area contributed by atoms with Gasteiger partial charge in [-0.15, -0.1) is 0 Å². The van der Waals surface area contributed by atoms with E-state index in [9.17, 15) is 19.8 Å². The lowest BCUT2D eigenvalue weighted by atomic mass is 9.93. The van der Waals surface area contributed by atoms with Crippen molar-refractivity contribution in [3.05, 3.63) is 107 Å². The molecular weight excluding hydrogens is 376 g/mol. The third kappa shape index (κ3) is 3.78. The summed E-state index contributed by atoms with van der Waals surface area (Å²) in [5.74, 6) is 4.01. The lowest BCUT2D eigenvalue weighted by molar-refractivity contribution is 0.0682. The van der Waals surface area contributed by atoms with Crippen LogP contribution in [-0.2, 0) is 0 Å². The van der Waals surface area contributed by atoms with Crippen LogP contribution >= 0.6 is 0 Å². The molecule has 0 aliphatic heterocycles. The molecule has 0 aliphatic rings. The van der Waals surface area contributed by atoms with Crippen LogP contribution in [0, 0.1) is 11.8 Å². The van der Waals surface area contributed by atoms with Crippen LogP contribution in [0.2, 0.25) is 0 Å². The predicted molar refractivity (Wildman–Crippen MR) is 116 cm³/mol. The van der Waals surface area contributed by atoms with Crippen LogP contribution in [-0.4, -0.2) is 22.2 Å². The Morgan fingerprint density at radius 1 is 0.633 bits per heavy atom. The average Bonchev–Trinajstić information content (AvgIpc) is 2.77. The Morgan fingerprint density at radius 3 is 2.13 bits per heavy atom. The number of hydrogen-bond donors (Lipinski definition) is 2. The van der Waals surface area contributed by atoms with Crippen molar-refractivity contribution in [1.29, 1.82) is 0 Å². The van der Waals surface area contributed by atoms with Gasteiger partial charge in [0.05, 0.1) is 11.1 Å². The summed E-state index contributed by atoms with van der Waals surface area (Å²) in [6, 6.07) is 25.1. The van der Waals surface area contributed by atoms with Crippen molar-refractivity contribution < 1.29 is 19.8 Å². The number of carboxylic acid groups (broad SMARTS) is 2. The van der Waals surface area contributed by atoms with Crippen LogP contribution in [0.1, 0.15) is 31.8 Å². The number of aromatic carboxylic acids is 2. The van der Waals surface area contributed by atoms with Crippen LogP contribution in [0.4, 0.5) is 0 Å². The molecule has 30 heavy (non-hydrogen) atoms.